The van der Waals surface area contributed by atoms with Crippen molar-refractivity contribution in [2.45, 2.75) is 13.0 Å². The Morgan fingerprint density at radius 3 is 2.52 bits per heavy atom. The topological polar surface area (TPSA) is 46.9 Å². The Morgan fingerprint density at radius 2 is 1.78 bits per heavy atom. The van der Waals surface area contributed by atoms with Crippen LogP contribution < -0.4 is 5.32 Å². The predicted molar refractivity (Wildman–Crippen MR) is 86.5 cm³/mol. The van der Waals surface area contributed by atoms with Gasteiger partial charge in [0.15, 0.2) is 0 Å². The lowest BCUT2D eigenvalue weighted by Crippen LogP contribution is -2.18. The average Bonchev–Trinajstić information content (AvgIpc) is 2.97. The van der Waals surface area contributed by atoms with Gasteiger partial charge in [0, 0.05) is 12.4 Å². The van der Waals surface area contributed by atoms with Crippen LogP contribution >= 0.6 is 0 Å². The van der Waals surface area contributed by atoms with Crippen molar-refractivity contribution in [3.05, 3.63) is 83.9 Å². The van der Waals surface area contributed by atoms with Gasteiger partial charge in [-0.2, -0.15) is 0 Å². The maximum absolute atomic E-state index is 12.9. The zero-order chi connectivity index (χ0) is 16.1. The van der Waals surface area contributed by atoms with Crippen molar-refractivity contribution in [3.63, 3.8) is 0 Å². The standard InChI is InChI=1S/C18H16FN3O/c19-16-8-6-14(7-9-16)12-17(23)21-18-20-10-11-22(18)13-15-4-2-1-3-5-15/h1-11H,12-13H2,(H,20,21,23). The van der Waals surface area contributed by atoms with Gasteiger partial charge < -0.3 is 4.57 Å². The van der Waals surface area contributed by atoms with E-state index in [1.807, 2.05) is 41.1 Å². The lowest BCUT2D eigenvalue weighted by atomic mass is 10.1. The number of anilines is 1. The van der Waals surface area contributed by atoms with Crippen molar-refractivity contribution < 1.29 is 9.18 Å². The summed E-state index contributed by atoms with van der Waals surface area (Å²) in [6.07, 6.45) is 3.65. The smallest absolute Gasteiger partial charge is 0.231 e. The van der Waals surface area contributed by atoms with E-state index in [4.69, 9.17) is 0 Å². The fourth-order valence-corrected chi connectivity index (χ4v) is 2.30. The molecule has 4 nitrogen and oxygen atoms in total. The van der Waals surface area contributed by atoms with Crippen molar-refractivity contribution in [3.8, 4) is 0 Å². The van der Waals surface area contributed by atoms with Crippen molar-refractivity contribution in [1.82, 2.24) is 9.55 Å². The lowest BCUT2D eigenvalue weighted by molar-refractivity contribution is -0.115. The molecule has 5 heteroatoms. The molecule has 0 aliphatic carbocycles. The van der Waals surface area contributed by atoms with Crippen molar-refractivity contribution in [1.29, 1.82) is 0 Å². The third-order valence-electron chi connectivity index (χ3n) is 3.44. The van der Waals surface area contributed by atoms with Gasteiger partial charge in [-0.3, -0.25) is 10.1 Å². The molecule has 0 spiro atoms. The van der Waals surface area contributed by atoms with Crippen molar-refractivity contribution in [2.24, 2.45) is 0 Å². The highest BCUT2D eigenvalue weighted by Crippen LogP contribution is 2.10. The summed E-state index contributed by atoms with van der Waals surface area (Å²) >= 11 is 0. The molecule has 23 heavy (non-hydrogen) atoms. The zero-order valence-electron chi connectivity index (χ0n) is 12.4. The molecule has 3 rings (SSSR count). The first-order valence-corrected chi connectivity index (χ1v) is 7.30. The van der Waals surface area contributed by atoms with E-state index in [2.05, 4.69) is 10.3 Å². The molecule has 0 saturated carbocycles. The summed E-state index contributed by atoms with van der Waals surface area (Å²) in [5.41, 5.74) is 1.88. The van der Waals surface area contributed by atoms with Gasteiger partial charge in [0.2, 0.25) is 11.9 Å². The maximum Gasteiger partial charge on any atom is 0.231 e. The van der Waals surface area contributed by atoms with E-state index in [1.54, 1.807) is 18.3 Å². The number of aromatic nitrogens is 2. The number of carbonyl (C=O) groups is 1. The van der Waals surface area contributed by atoms with Crippen molar-refractivity contribution >= 4 is 11.9 Å². The summed E-state index contributed by atoms with van der Waals surface area (Å²) < 4.78 is 14.7. The van der Waals surface area contributed by atoms with Gasteiger partial charge in [-0.15, -0.1) is 0 Å². The number of hydrogen-bond acceptors (Lipinski definition) is 2. The zero-order valence-corrected chi connectivity index (χ0v) is 12.4. The molecule has 0 aliphatic heterocycles. The predicted octanol–water partition coefficient (Wildman–Crippen LogP) is 3.25. The Labute approximate surface area is 133 Å². The van der Waals surface area contributed by atoms with E-state index in [0.29, 0.717) is 12.5 Å². The fraction of sp³-hybridized carbons (Fsp3) is 0.111. The molecule has 1 N–H and O–H groups in total. The fourth-order valence-electron chi connectivity index (χ4n) is 2.30. The number of rotatable bonds is 5. The molecule has 3 aromatic rings. The van der Waals surface area contributed by atoms with Crippen LogP contribution in [0.5, 0.6) is 0 Å². The normalized spacial score (nSPS) is 10.5. The molecule has 0 radical (unpaired) electrons. The monoisotopic (exact) mass is 309 g/mol. The highest BCUT2D eigenvalue weighted by Gasteiger charge is 2.09. The Balaban J connectivity index is 1.65. The molecule has 0 aliphatic rings. The molecule has 1 heterocycles. The first-order chi connectivity index (χ1) is 11.2. The highest BCUT2D eigenvalue weighted by molar-refractivity contribution is 5.90. The van der Waals surface area contributed by atoms with Gasteiger partial charge >= 0.3 is 0 Å². The van der Waals surface area contributed by atoms with Gasteiger partial charge in [-0.1, -0.05) is 42.5 Å². The Hall–Kier alpha value is -2.95. The van der Waals surface area contributed by atoms with Crippen LogP contribution in [0.3, 0.4) is 0 Å². The Bertz CT molecular complexity index is 782. The number of benzene rings is 2. The number of hydrogen-bond donors (Lipinski definition) is 1. The van der Waals surface area contributed by atoms with E-state index >= 15 is 0 Å². The molecule has 0 saturated heterocycles. The molecule has 2 aromatic carbocycles. The molecule has 116 valence electrons. The molecular formula is C18H16FN3O. The van der Waals surface area contributed by atoms with Crippen LogP contribution in [0.25, 0.3) is 0 Å². The van der Waals surface area contributed by atoms with Gasteiger partial charge in [0.1, 0.15) is 5.82 Å². The number of carbonyl (C=O) groups excluding carboxylic acids is 1. The minimum absolute atomic E-state index is 0.179. The van der Waals surface area contributed by atoms with Crippen LogP contribution in [0.15, 0.2) is 67.0 Å². The number of nitrogens with zero attached hydrogens (tertiary/aromatic N) is 2. The Kier molecular flexibility index (Phi) is 4.47. The van der Waals surface area contributed by atoms with E-state index in [0.717, 1.165) is 11.1 Å². The summed E-state index contributed by atoms with van der Waals surface area (Å²) in [4.78, 5) is 16.3. The number of halogens is 1. The van der Waals surface area contributed by atoms with Crippen LogP contribution in [0.2, 0.25) is 0 Å². The first kappa shape index (κ1) is 15.0. The first-order valence-electron chi connectivity index (χ1n) is 7.30. The van der Waals surface area contributed by atoms with E-state index in [1.165, 1.54) is 12.1 Å². The minimum atomic E-state index is -0.312. The molecular weight excluding hydrogens is 293 g/mol. The van der Waals surface area contributed by atoms with Crippen LogP contribution in [0, 0.1) is 5.82 Å². The van der Waals surface area contributed by atoms with Crippen LogP contribution in [0.4, 0.5) is 10.3 Å². The summed E-state index contributed by atoms with van der Waals surface area (Å²) in [5, 5.41) is 2.79. The molecule has 0 unspecified atom stereocenters. The highest BCUT2D eigenvalue weighted by atomic mass is 19.1. The number of imidazole rings is 1. The van der Waals surface area contributed by atoms with Crippen molar-refractivity contribution in [2.75, 3.05) is 5.32 Å². The third-order valence-corrected chi connectivity index (χ3v) is 3.44. The SMILES string of the molecule is O=C(Cc1ccc(F)cc1)Nc1nccn1Cc1ccccc1. The van der Waals surface area contributed by atoms with Gasteiger partial charge in [-0.25, -0.2) is 9.37 Å². The maximum atomic E-state index is 12.9. The number of amides is 1. The second kappa shape index (κ2) is 6.87. The summed E-state index contributed by atoms with van der Waals surface area (Å²) in [6, 6.07) is 15.8. The lowest BCUT2D eigenvalue weighted by Gasteiger charge is -2.09. The molecule has 0 fully saturated rings. The van der Waals surface area contributed by atoms with Crippen LogP contribution in [-0.4, -0.2) is 15.5 Å². The summed E-state index contributed by atoms with van der Waals surface area (Å²) in [6.45, 7) is 0.632. The summed E-state index contributed by atoms with van der Waals surface area (Å²) in [7, 11) is 0. The van der Waals surface area contributed by atoms with Crippen LogP contribution in [0.1, 0.15) is 11.1 Å². The molecule has 1 aromatic heterocycles. The Morgan fingerprint density at radius 1 is 1.04 bits per heavy atom. The van der Waals surface area contributed by atoms with Gasteiger partial charge in [0.25, 0.3) is 0 Å². The average molecular weight is 309 g/mol. The minimum Gasteiger partial charge on any atom is -0.313 e. The molecule has 1 amide bonds. The quantitative estimate of drug-likeness (QED) is 0.786. The summed E-state index contributed by atoms with van der Waals surface area (Å²) in [5.74, 6) is 0.00523. The van der Waals surface area contributed by atoms with E-state index in [9.17, 15) is 9.18 Å². The number of nitrogens with one attached hydrogen (secondary N) is 1. The van der Waals surface area contributed by atoms with E-state index < -0.39 is 0 Å². The third kappa shape index (κ3) is 4.03. The molecule has 0 atom stereocenters. The van der Waals surface area contributed by atoms with Gasteiger partial charge in [0.05, 0.1) is 13.0 Å². The van der Waals surface area contributed by atoms with E-state index in [-0.39, 0.29) is 18.1 Å². The largest absolute Gasteiger partial charge is 0.313 e. The second-order valence-electron chi connectivity index (χ2n) is 5.22. The van der Waals surface area contributed by atoms with Gasteiger partial charge in [-0.05, 0) is 23.3 Å². The van der Waals surface area contributed by atoms with Crippen LogP contribution in [-0.2, 0) is 17.8 Å². The second-order valence-corrected chi connectivity index (χ2v) is 5.22. The molecule has 0 bridgehead atoms.